The van der Waals surface area contributed by atoms with Gasteiger partial charge in [0.05, 0.1) is 12.7 Å². The fraction of sp³-hybridized carbons (Fsp3) is 0.111. The SMILES string of the molecule is COc1ncccc1-c1onc(N)c1Cl. The molecule has 0 aliphatic heterocycles. The van der Waals surface area contributed by atoms with E-state index < -0.39 is 0 Å². The molecule has 2 rings (SSSR count). The van der Waals surface area contributed by atoms with Crippen LogP contribution in [0.1, 0.15) is 0 Å². The molecule has 0 saturated carbocycles. The van der Waals surface area contributed by atoms with E-state index in [1.807, 2.05) is 0 Å². The lowest BCUT2D eigenvalue weighted by Gasteiger charge is -2.02. The maximum atomic E-state index is 5.91. The van der Waals surface area contributed by atoms with Crippen LogP contribution in [0, 0.1) is 0 Å². The first-order valence-electron chi connectivity index (χ1n) is 4.14. The molecule has 0 amide bonds. The number of aromatic nitrogens is 2. The number of methoxy groups -OCH3 is 1. The van der Waals surface area contributed by atoms with Crippen molar-refractivity contribution in [2.75, 3.05) is 12.8 Å². The molecule has 2 N–H and O–H groups in total. The second-order valence-corrected chi connectivity index (χ2v) is 3.15. The average molecular weight is 226 g/mol. The van der Waals surface area contributed by atoms with E-state index in [1.165, 1.54) is 7.11 Å². The highest BCUT2D eigenvalue weighted by atomic mass is 35.5. The summed E-state index contributed by atoms with van der Waals surface area (Å²) in [5.41, 5.74) is 6.09. The molecule has 0 fully saturated rings. The van der Waals surface area contributed by atoms with E-state index >= 15 is 0 Å². The van der Waals surface area contributed by atoms with Gasteiger partial charge in [-0.15, -0.1) is 0 Å². The van der Waals surface area contributed by atoms with Gasteiger partial charge in [0.2, 0.25) is 5.88 Å². The fourth-order valence-corrected chi connectivity index (χ4v) is 1.36. The van der Waals surface area contributed by atoms with Crippen molar-refractivity contribution >= 4 is 17.4 Å². The van der Waals surface area contributed by atoms with Gasteiger partial charge in [0.15, 0.2) is 11.6 Å². The molecule has 2 aromatic heterocycles. The Bertz CT molecular complexity index is 484. The van der Waals surface area contributed by atoms with Gasteiger partial charge in [-0.25, -0.2) is 4.98 Å². The number of ether oxygens (including phenoxy) is 1. The van der Waals surface area contributed by atoms with Crippen molar-refractivity contribution in [3.8, 4) is 17.2 Å². The number of anilines is 1. The highest BCUT2D eigenvalue weighted by Gasteiger charge is 2.17. The summed E-state index contributed by atoms with van der Waals surface area (Å²) in [7, 11) is 1.51. The molecule has 0 bridgehead atoms. The monoisotopic (exact) mass is 225 g/mol. The van der Waals surface area contributed by atoms with Crippen LogP contribution in [0.15, 0.2) is 22.9 Å². The number of nitrogens with zero attached hydrogens (tertiary/aromatic N) is 2. The third-order valence-electron chi connectivity index (χ3n) is 1.87. The van der Waals surface area contributed by atoms with Crippen LogP contribution in [-0.4, -0.2) is 17.3 Å². The Labute approximate surface area is 90.8 Å². The van der Waals surface area contributed by atoms with E-state index in [-0.39, 0.29) is 10.8 Å². The summed E-state index contributed by atoms with van der Waals surface area (Å²) in [5.74, 6) is 0.923. The molecule has 0 atom stereocenters. The third kappa shape index (κ3) is 1.61. The Morgan fingerprint density at radius 2 is 2.33 bits per heavy atom. The molecule has 2 heterocycles. The second kappa shape index (κ2) is 3.78. The third-order valence-corrected chi connectivity index (χ3v) is 2.23. The molecular weight excluding hydrogens is 218 g/mol. The Morgan fingerprint density at radius 3 is 2.93 bits per heavy atom. The largest absolute Gasteiger partial charge is 0.480 e. The molecule has 0 aliphatic rings. The number of halogens is 1. The maximum absolute atomic E-state index is 5.91. The van der Waals surface area contributed by atoms with Crippen molar-refractivity contribution in [2.24, 2.45) is 0 Å². The van der Waals surface area contributed by atoms with Crippen LogP contribution in [0.5, 0.6) is 5.88 Å². The van der Waals surface area contributed by atoms with Crippen LogP contribution in [0.2, 0.25) is 5.02 Å². The van der Waals surface area contributed by atoms with Gasteiger partial charge < -0.3 is 15.0 Å². The summed E-state index contributed by atoms with van der Waals surface area (Å²) >= 11 is 5.91. The zero-order valence-electron chi connectivity index (χ0n) is 7.90. The van der Waals surface area contributed by atoms with Crippen molar-refractivity contribution < 1.29 is 9.26 Å². The molecular formula is C9H8ClN3O2. The molecule has 0 aromatic carbocycles. The Morgan fingerprint density at radius 1 is 1.53 bits per heavy atom. The quantitative estimate of drug-likeness (QED) is 0.846. The predicted octanol–water partition coefficient (Wildman–Crippen LogP) is 1.98. The smallest absolute Gasteiger partial charge is 0.224 e. The minimum atomic E-state index is 0.151. The number of hydrogen-bond acceptors (Lipinski definition) is 5. The highest BCUT2D eigenvalue weighted by Crippen LogP contribution is 2.35. The average Bonchev–Trinajstić information content (AvgIpc) is 2.60. The molecule has 0 saturated heterocycles. The van der Waals surface area contributed by atoms with E-state index in [4.69, 9.17) is 26.6 Å². The zero-order valence-corrected chi connectivity index (χ0v) is 8.65. The van der Waals surface area contributed by atoms with Gasteiger partial charge in [-0.2, -0.15) is 0 Å². The van der Waals surface area contributed by atoms with E-state index in [0.29, 0.717) is 17.2 Å². The van der Waals surface area contributed by atoms with Gasteiger partial charge in [0, 0.05) is 6.20 Å². The van der Waals surface area contributed by atoms with Crippen LogP contribution in [-0.2, 0) is 0 Å². The Kier molecular flexibility index (Phi) is 2.47. The number of rotatable bonds is 2. The molecule has 0 aliphatic carbocycles. The summed E-state index contributed by atoms with van der Waals surface area (Å²) in [5, 5.41) is 3.82. The summed E-state index contributed by atoms with van der Waals surface area (Å²) in [6.07, 6.45) is 1.61. The van der Waals surface area contributed by atoms with Gasteiger partial charge in [0.1, 0.15) is 5.02 Å². The number of nitrogens with two attached hydrogens (primary N) is 1. The van der Waals surface area contributed by atoms with Gasteiger partial charge in [-0.05, 0) is 12.1 Å². The second-order valence-electron chi connectivity index (χ2n) is 2.77. The molecule has 0 spiro atoms. The van der Waals surface area contributed by atoms with Gasteiger partial charge in [-0.1, -0.05) is 16.8 Å². The van der Waals surface area contributed by atoms with Crippen LogP contribution < -0.4 is 10.5 Å². The highest BCUT2D eigenvalue weighted by molar-refractivity contribution is 6.35. The zero-order chi connectivity index (χ0) is 10.8. The van der Waals surface area contributed by atoms with Crippen molar-refractivity contribution in [2.45, 2.75) is 0 Å². The Hall–Kier alpha value is -1.75. The van der Waals surface area contributed by atoms with Gasteiger partial charge in [-0.3, -0.25) is 0 Å². The number of hydrogen-bond donors (Lipinski definition) is 1. The molecule has 6 heteroatoms. The van der Waals surface area contributed by atoms with Crippen molar-refractivity contribution in [3.63, 3.8) is 0 Å². The van der Waals surface area contributed by atoms with E-state index in [0.717, 1.165) is 0 Å². The standard InChI is InChI=1S/C9H8ClN3O2/c1-14-9-5(3-2-4-12-9)7-6(10)8(11)13-15-7/h2-4H,1H3,(H2,11,13). The van der Waals surface area contributed by atoms with Gasteiger partial charge >= 0.3 is 0 Å². The number of nitrogen functional groups attached to an aromatic ring is 1. The lowest BCUT2D eigenvalue weighted by Crippen LogP contribution is -1.90. The van der Waals surface area contributed by atoms with Crippen LogP contribution >= 0.6 is 11.6 Å². The summed E-state index contributed by atoms with van der Waals surface area (Å²) in [4.78, 5) is 4.01. The van der Waals surface area contributed by atoms with E-state index in [1.54, 1.807) is 18.3 Å². The lowest BCUT2D eigenvalue weighted by molar-refractivity contribution is 0.393. The topological polar surface area (TPSA) is 74.2 Å². The summed E-state index contributed by atoms with van der Waals surface area (Å²) in [6.45, 7) is 0. The normalized spacial score (nSPS) is 10.3. The van der Waals surface area contributed by atoms with E-state index in [9.17, 15) is 0 Å². The molecule has 5 nitrogen and oxygen atoms in total. The first-order chi connectivity index (χ1) is 7.24. The molecule has 0 radical (unpaired) electrons. The molecule has 2 aromatic rings. The van der Waals surface area contributed by atoms with Crippen molar-refractivity contribution in [1.29, 1.82) is 0 Å². The van der Waals surface area contributed by atoms with Crippen molar-refractivity contribution in [3.05, 3.63) is 23.4 Å². The lowest BCUT2D eigenvalue weighted by atomic mass is 10.2. The van der Waals surface area contributed by atoms with E-state index in [2.05, 4.69) is 10.1 Å². The Balaban J connectivity index is 2.58. The number of pyridine rings is 1. The van der Waals surface area contributed by atoms with Crippen molar-refractivity contribution in [1.82, 2.24) is 10.1 Å². The van der Waals surface area contributed by atoms with Crippen LogP contribution in [0.4, 0.5) is 5.82 Å². The fourth-order valence-electron chi connectivity index (χ4n) is 1.18. The summed E-state index contributed by atoms with van der Waals surface area (Å²) in [6, 6.07) is 3.50. The minimum absolute atomic E-state index is 0.151. The molecule has 15 heavy (non-hydrogen) atoms. The summed E-state index contributed by atoms with van der Waals surface area (Å²) < 4.78 is 10.1. The van der Waals surface area contributed by atoms with Crippen LogP contribution in [0.3, 0.4) is 0 Å². The first kappa shape index (κ1) is 9.79. The van der Waals surface area contributed by atoms with Crippen LogP contribution in [0.25, 0.3) is 11.3 Å². The first-order valence-corrected chi connectivity index (χ1v) is 4.52. The molecule has 78 valence electrons. The molecule has 0 unspecified atom stereocenters. The predicted molar refractivity (Wildman–Crippen MR) is 55.7 cm³/mol. The maximum Gasteiger partial charge on any atom is 0.224 e. The minimum Gasteiger partial charge on any atom is -0.480 e. The van der Waals surface area contributed by atoms with Gasteiger partial charge in [0.25, 0.3) is 0 Å².